The van der Waals surface area contributed by atoms with Crippen LogP contribution < -0.4 is 0 Å². The smallest absolute Gasteiger partial charge is 0.161 e. The van der Waals surface area contributed by atoms with Crippen molar-refractivity contribution in [3.63, 3.8) is 0 Å². The first-order chi connectivity index (χ1) is 27.8. The summed E-state index contributed by atoms with van der Waals surface area (Å²) in [5, 5.41) is 10.7. The van der Waals surface area contributed by atoms with Crippen LogP contribution in [-0.2, 0) is 0 Å². The molecule has 0 spiro atoms. The molecule has 56 heavy (non-hydrogen) atoms. The van der Waals surface area contributed by atoms with Gasteiger partial charge in [-0.3, -0.25) is 0 Å². The molecule has 0 radical (unpaired) electrons. The van der Waals surface area contributed by atoms with E-state index in [2.05, 4.69) is 200 Å². The van der Waals surface area contributed by atoms with Crippen LogP contribution in [0.4, 0.5) is 0 Å². The fraction of sp³-hybridized carbons (Fsp3) is 0. The fourth-order valence-corrected chi connectivity index (χ4v) is 8.44. The van der Waals surface area contributed by atoms with E-state index < -0.39 is 0 Å². The predicted molar refractivity (Wildman–Crippen MR) is 235 cm³/mol. The van der Waals surface area contributed by atoms with E-state index in [9.17, 15) is 0 Å². The molecular formula is C53H33N3. The van der Waals surface area contributed by atoms with Gasteiger partial charge in [-0.05, 0) is 50.0 Å². The average Bonchev–Trinajstić information content (AvgIpc) is 3.28. The van der Waals surface area contributed by atoms with Gasteiger partial charge in [0.25, 0.3) is 0 Å². The number of hydrogen-bond acceptors (Lipinski definition) is 3. The lowest BCUT2D eigenvalue weighted by molar-refractivity contribution is 1.19. The SMILES string of the molecule is c1ccc(-c2nc(-c3cc4ccccc4c4ccccc34)nc(-c3ccccc3)c2-c2ccc(-c3nc4ccccc4c4c3ccc3ccccc34)cc2)cc1. The van der Waals surface area contributed by atoms with Crippen LogP contribution in [0.3, 0.4) is 0 Å². The number of hydrogen-bond donors (Lipinski definition) is 0. The second-order valence-corrected chi connectivity index (χ2v) is 14.3. The van der Waals surface area contributed by atoms with Crippen LogP contribution in [0.25, 0.3) is 110 Å². The third kappa shape index (κ3) is 5.25. The van der Waals surface area contributed by atoms with Gasteiger partial charge in [0.15, 0.2) is 5.82 Å². The summed E-state index contributed by atoms with van der Waals surface area (Å²) in [6, 6.07) is 70.8. The first-order valence-corrected chi connectivity index (χ1v) is 19.0. The molecule has 9 aromatic carbocycles. The topological polar surface area (TPSA) is 38.7 Å². The zero-order valence-corrected chi connectivity index (χ0v) is 30.4. The first-order valence-electron chi connectivity index (χ1n) is 19.0. The van der Waals surface area contributed by atoms with Crippen molar-refractivity contribution in [2.45, 2.75) is 0 Å². The van der Waals surface area contributed by atoms with Gasteiger partial charge < -0.3 is 0 Å². The highest BCUT2D eigenvalue weighted by Gasteiger charge is 2.22. The van der Waals surface area contributed by atoms with Crippen molar-refractivity contribution in [1.29, 1.82) is 0 Å². The van der Waals surface area contributed by atoms with Crippen LogP contribution in [0.2, 0.25) is 0 Å². The predicted octanol–water partition coefficient (Wildman–Crippen LogP) is 14.0. The molecule has 2 heterocycles. The Kier molecular flexibility index (Phi) is 7.49. The number of benzene rings is 9. The molecule has 3 nitrogen and oxygen atoms in total. The molecule has 0 saturated carbocycles. The number of fused-ring (bicyclic) bond motifs is 8. The zero-order chi connectivity index (χ0) is 37.0. The third-order valence-corrected chi connectivity index (χ3v) is 11.0. The minimum Gasteiger partial charge on any atom is -0.247 e. The maximum absolute atomic E-state index is 5.49. The molecule has 0 atom stereocenters. The van der Waals surface area contributed by atoms with Crippen LogP contribution in [-0.4, -0.2) is 15.0 Å². The molecule has 0 bridgehead atoms. The highest BCUT2D eigenvalue weighted by atomic mass is 14.9. The second kappa shape index (κ2) is 13.1. The molecule has 0 aliphatic rings. The quantitative estimate of drug-likeness (QED) is 0.167. The van der Waals surface area contributed by atoms with Crippen LogP contribution in [0, 0.1) is 0 Å². The molecule has 0 fully saturated rings. The van der Waals surface area contributed by atoms with Crippen molar-refractivity contribution < 1.29 is 0 Å². The Hall–Kier alpha value is -7.49. The van der Waals surface area contributed by atoms with Gasteiger partial charge in [-0.15, -0.1) is 0 Å². The molecule has 0 N–H and O–H groups in total. The highest BCUT2D eigenvalue weighted by molar-refractivity contribution is 6.22. The van der Waals surface area contributed by atoms with Crippen LogP contribution >= 0.6 is 0 Å². The van der Waals surface area contributed by atoms with Gasteiger partial charge in [-0.25, -0.2) is 15.0 Å². The van der Waals surface area contributed by atoms with E-state index in [0.717, 1.165) is 77.5 Å². The van der Waals surface area contributed by atoms with Gasteiger partial charge in [0, 0.05) is 44.0 Å². The van der Waals surface area contributed by atoms with Crippen molar-refractivity contribution >= 4 is 54.0 Å². The van der Waals surface area contributed by atoms with E-state index in [1.807, 2.05) is 0 Å². The molecule has 260 valence electrons. The summed E-state index contributed by atoms with van der Waals surface area (Å²) < 4.78 is 0. The van der Waals surface area contributed by atoms with Gasteiger partial charge in [0.05, 0.1) is 22.6 Å². The van der Waals surface area contributed by atoms with Crippen molar-refractivity contribution in [3.05, 3.63) is 200 Å². The lowest BCUT2D eigenvalue weighted by Gasteiger charge is -2.18. The largest absolute Gasteiger partial charge is 0.247 e. The average molecular weight is 712 g/mol. The van der Waals surface area contributed by atoms with Crippen LogP contribution in [0.15, 0.2) is 200 Å². The summed E-state index contributed by atoms with van der Waals surface area (Å²) >= 11 is 0. The van der Waals surface area contributed by atoms with E-state index in [4.69, 9.17) is 15.0 Å². The van der Waals surface area contributed by atoms with Crippen molar-refractivity contribution in [3.8, 4) is 56.3 Å². The molecule has 0 unspecified atom stereocenters. The normalized spacial score (nSPS) is 11.6. The Morgan fingerprint density at radius 3 is 1.50 bits per heavy atom. The Morgan fingerprint density at radius 2 is 0.804 bits per heavy atom. The maximum Gasteiger partial charge on any atom is 0.161 e. The number of nitrogens with zero attached hydrogens (tertiary/aromatic N) is 3. The molecule has 0 saturated heterocycles. The number of rotatable bonds is 5. The first kappa shape index (κ1) is 32.0. The molecule has 0 aliphatic heterocycles. The van der Waals surface area contributed by atoms with Gasteiger partial charge in [0.2, 0.25) is 0 Å². The fourth-order valence-electron chi connectivity index (χ4n) is 8.44. The molecule has 3 heteroatoms. The van der Waals surface area contributed by atoms with Gasteiger partial charge in [-0.2, -0.15) is 0 Å². The van der Waals surface area contributed by atoms with Gasteiger partial charge >= 0.3 is 0 Å². The molecule has 0 amide bonds. The zero-order valence-electron chi connectivity index (χ0n) is 30.4. The summed E-state index contributed by atoms with van der Waals surface area (Å²) in [5.74, 6) is 0.698. The summed E-state index contributed by atoms with van der Waals surface area (Å²) in [5.41, 5.74) is 9.90. The summed E-state index contributed by atoms with van der Waals surface area (Å²) in [7, 11) is 0. The Labute approximate surface area is 324 Å². The number of aromatic nitrogens is 3. The monoisotopic (exact) mass is 711 g/mol. The standard InChI is InChI=1S/C53H33N3/c1-3-16-36(17-4-1)51-48(35-27-29-38(30-28-35)50-45-32-31-34-15-7-10-22-41(34)49(45)44-25-13-14-26-47(44)54-50)52(37-18-5-2-6-19-37)56-53(55-51)46-33-39-20-8-9-21-40(39)42-23-11-12-24-43(42)46/h1-33H. The minimum atomic E-state index is 0.698. The van der Waals surface area contributed by atoms with Crippen molar-refractivity contribution in [2.24, 2.45) is 0 Å². The summed E-state index contributed by atoms with van der Waals surface area (Å²) in [6.07, 6.45) is 0. The Balaban J connectivity index is 1.16. The van der Waals surface area contributed by atoms with E-state index in [1.54, 1.807) is 0 Å². The Bertz CT molecular complexity index is 3200. The van der Waals surface area contributed by atoms with Crippen molar-refractivity contribution in [1.82, 2.24) is 15.0 Å². The van der Waals surface area contributed by atoms with E-state index in [-0.39, 0.29) is 0 Å². The van der Waals surface area contributed by atoms with Crippen LogP contribution in [0.1, 0.15) is 0 Å². The lowest BCUT2D eigenvalue weighted by atomic mass is 9.91. The third-order valence-electron chi connectivity index (χ3n) is 11.0. The molecule has 2 aromatic heterocycles. The van der Waals surface area contributed by atoms with E-state index in [1.165, 1.54) is 26.9 Å². The van der Waals surface area contributed by atoms with Gasteiger partial charge in [0.1, 0.15) is 0 Å². The molecular weight excluding hydrogens is 679 g/mol. The molecule has 11 aromatic rings. The second-order valence-electron chi connectivity index (χ2n) is 14.3. The number of pyridine rings is 1. The molecule has 0 aliphatic carbocycles. The van der Waals surface area contributed by atoms with E-state index in [0.29, 0.717) is 5.82 Å². The number of para-hydroxylation sites is 1. The minimum absolute atomic E-state index is 0.698. The summed E-state index contributed by atoms with van der Waals surface area (Å²) in [4.78, 5) is 16.3. The van der Waals surface area contributed by atoms with E-state index >= 15 is 0 Å². The molecule has 11 rings (SSSR count). The van der Waals surface area contributed by atoms with Gasteiger partial charge in [-0.1, -0.05) is 188 Å². The van der Waals surface area contributed by atoms with Crippen molar-refractivity contribution in [2.75, 3.05) is 0 Å². The summed E-state index contributed by atoms with van der Waals surface area (Å²) in [6.45, 7) is 0. The maximum atomic E-state index is 5.49. The highest BCUT2D eigenvalue weighted by Crippen LogP contribution is 2.43. The lowest BCUT2D eigenvalue weighted by Crippen LogP contribution is -2.01. The van der Waals surface area contributed by atoms with Crippen LogP contribution in [0.5, 0.6) is 0 Å². The Morgan fingerprint density at radius 1 is 0.286 bits per heavy atom.